The Labute approximate surface area is 104 Å². The van der Waals surface area contributed by atoms with E-state index in [1.165, 1.54) is 5.56 Å². The van der Waals surface area contributed by atoms with E-state index in [0.29, 0.717) is 13.2 Å². The van der Waals surface area contributed by atoms with Crippen LogP contribution in [-0.4, -0.2) is 30.4 Å². The first-order valence-corrected chi connectivity index (χ1v) is 6.08. The summed E-state index contributed by atoms with van der Waals surface area (Å²) in [5.74, 6) is 0.849. The number of rotatable bonds is 6. The molecule has 1 rings (SSSR count). The van der Waals surface area contributed by atoms with E-state index in [1.807, 2.05) is 26.0 Å². The van der Waals surface area contributed by atoms with Gasteiger partial charge in [-0.3, -0.25) is 0 Å². The molecule has 2 N–H and O–H groups in total. The zero-order valence-corrected chi connectivity index (χ0v) is 11.2. The Morgan fingerprint density at radius 3 is 2.71 bits per heavy atom. The van der Waals surface area contributed by atoms with E-state index in [-0.39, 0.29) is 0 Å². The minimum atomic E-state index is -0.841. The first-order chi connectivity index (χ1) is 7.96. The van der Waals surface area contributed by atoms with E-state index in [1.54, 1.807) is 6.92 Å². The SMILES string of the molecule is CCNCC(C)(O)COc1cccc(C)c1C. The maximum Gasteiger partial charge on any atom is 0.122 e. The lowest BCUT2D eigenvalue weighted by atomic mass is 10.1. The van der Waals surface area contributed by atoms with Crippen molar-refractivity contribution in [2.75, 3.05) is 19.7 Å². The number of hydrogen-bond acceptors (Lipinski definition) is 3. The third kappa shape index (κ3) is 4.36. The highest BCUT2D eigenvalue weighted by Crippen LogP contribution is 2.21. The summed E-state index contributed by atoms with van der Waals surface area (Å²) in [7, 11) is 0. The summed E-state index contributed by atoms with van der Waals surface area (Å²) in [4.78, 5) is 0. The normalized spacial score (nSPS) is 14.4. The molecule has 0 aliphatic rings. The first kappa shape index (κ1) is 14.0. The number of likely N-dealkylation sites (N-methyl/N-ethyl adjacent to an activating group) is 1. The molecule has 0 radical (unpaired) electrons. The Morgan fingerprint density at radius 2 is 2.06 bits per heavy atom. The first-order valence-electron chi connectivity index (χ1n) is 6.08. The van der Waals surface area contributed by atoms with Gasteiger partial charge in [0.2, 0.25) is 0 Å². The van der Waals surface area contributed by atoms with Gasteiger partial charge in [-0.2, -0.15) is 0 Å². The van der Waals surface area contributed by atoms with Crippen molar-refractivity contribution in [3.05, 3.63) is 29.3 Å². The van der Waals surface area contributed by atoms with Gasteiger partial charge in [-0.25, -0.2) is 0 Å². The second-order valence-corrected chi connectivity index (χ2v) is 4.76. The second kappa shape index (κ2) is 6.03. The molecule has 0 saturated carbocycles. The fourth-order valence-electron chi connectivity index (χ4n) is 1.56. The lowest BCUT2D eigenvalue weighted by Gasteiger charge is -2.24. The van der Waals surface area contributed by atoms with Crippen molar-refractivity contribution in [1.82, 2.24) is 5.32 Å². The van der Waals surface area contributed by atoms with E-state index in [9.17, 15) is 5.11 Å². The van der Waals surface area contributed by atoms with Crippen LogP contribution in [0.25, 0.3) is 0 Å². The standard InChI is InChI=1S/C14H23NO2/c1-5-15-9-14(4,16)10-17-13-8-6-7-11(2)12(13)3/h6-8,15-16H,5,9-10H2,1-4H3. The lowest BCUT2D eigenvalue weighted by Crippen LogP contribution is -2.42. The molecule has 17 heavy (non-hydrogen) atoms. The molecule has 0 amide bonds. The second-order valence-electron chi connectivity index (χ2n) is 4.76. The zero-order valence-electron chi connectivity index (χ0n) is 11.2. The Morgan fingerprint density at radius 1 is 1.35 bits per heavy atom. The highest BCUT2D eigenvalue weighted by molar-refractivity contribution is 5.38. The number of nitrogens with one attached hydrogen (secondary N) is 1. The van der Waals surface area contributed by atoms with Crippen LogP contribution in [0.15, 0.2) is 18.2 Å². The van der Waals surface area contributed by atoms with Gasteiger partial charge in [0, 0.05) is 6.54 Å². The molecule has 1 unspecified atom stereocenters. The van der Waals surface area contributed by atoms with Crippen molar-refractivity contribution < 1.29 is 9.84 Å². The summed E-state index contributed by atoms with van der Waals surface area (Å²) in [6, 6.07) is 5.96. The van der Waals surface area contributed by atoms with E-state index >= 15 is 0 Å². The summed E-state index contributed by atoms with van der Waals surface area (Å²) in [5.41, 5.74) is 1.49. The summed E-state index contributed by atoms with van der Waals surface area (Å²) < 4.78 is 5.69. The molecule has 96 valence electrons. The van der Waals surface area contributed by atoms with Gasteiger partial charge in [0.25, 0.3) is 0 Å². The van der Waals surface area contributed by atoms with Crippen LogP contribution in [-0.2, 0) is 0 Å². The maximum atomic E-state index is 10.1. The van der Waals surface area contributed by atoms with E-state index < -0.39 is 5.60 Å². The van der Waals surface area contributed by atoms with Crippen molar-refractivity contribution in [3.8, 4) is 5.75 Å². The highest BCUT2D eigenvalue weighted by Gasteiger charge is 2.21. The van der Waals surface area contributed by atoms with Gasteiger partial charge in [0.15, 0.2) is 0 Å². The Kier molecular flexibility index (Phi) is 4.97. The monoisotopic (exact) mass is 237 g/mol. The van der Waals surface area contributed by atoms with Gasteiger partial charge in [-0.15, -0.1) is 0 Å². The lowest BCUT2D eigenvalue weighted by molar-refractivity contribution is 0.0125. The topological polar surface area (TPSA) is 41.5 Å². The van der Waals surface area contributed by atoms with Crippen molar-refractivity contribution in [3.63, 3.8) is 0 Å². The maximum absolute atomic E-state index is 10.1. The molecular weight excluding hydrogens is 214 g/mol. The van der Waals surface area contributed by atoms with Crippen LogP contribution in [0.3, 0.4) is 0 Å². The number of ether oxygens (including phenoxy) is 1. The van der Waals surface area contributed by atoms with Gasteiger partial charge in [-0.1, -0.05) is 19.1 Å². The van der Waals surface area contributed by atoms with Crippen molar-refractivity contribution >= 4 is 0 Å². The molecule has 0 aliphatic heterocycles. The highest BCUT2D eigenvalue weighted by atomic mass is 16.5. The minimum Gasteiger partial charge on any atom is -0.490 e. The molecule has 0 spiro atoms. The molecule has 0 heterocycles. The van der Waals surface area contributed by atoms with Crippen LogP contribution in [0.1, 0.15) is 25.0 Å². The molecule has 3 nitrogen and oxygen atoms in total. The van der Waals surface area contributed by atoms with E-state index in [2.05, 4.69) is 18.3 Å². The number of aryl methyl sites for hydroxylation is 1. The Bertz CT molecular complexity index is 361. The third-order valence-electron chi connectivity index (χ3n) is 2.85. The van der Waals surface area contributed by atoms with Gasteiger partial charge < -0.3 is 15.2 Å². The molecule has 1 atom stereocenters. The van der Waals surface area contributed by atoms with Gasteiger partial charge >= 0.3 is 0 Å². The smallest absolute Gasteiger partial charge is 0.122 e. The molecular formula is C14H23NO2. The number of hydrogen-bond donors (Lipinski definition) is 2. The average molecular weight is 237 g/mol. The quantitative estimate of drug-likeness (QED) is 0.795. The molecule has 0 bridgehead atoms. The van der Waals surface area contributed by atoms with Crippen LogP contribution in [0, 0.1) is 13.8 Å². The fraction of sp³-hybridized carbons (Fsp3) is 0.571. The Balaban J connectivity index is 2.58. The summed E-state index contributed by atoms with van der Waals surface area (Å²) in [6.45, 7) is 9.56. The molecule has 0 fully saturated rings. The molecule has 1 aromatic carbocycles. The molecule has 0 saturated heterocycles. The predicted octanol–water partition coefficient (Wildman–Crippen LogP) is 2.04. The summed E-state index contributed by atoms with van der Waals surface area (Å²) >= 11 is 0. The van der Waals surface area contributed by atoms with Crippen molar-refractivity contribution in [2.24, 2.45) is 0 Å². The number of benzene rings is 1. The van der Waals surface area contributed by atoms with Crippen molar-refractivity contribution in [2.45, 2.75) is 33.3 Å². The number of aliphatic hydroxyl groups is 1. The molecule has 0 aromatic heterocycles. The molecule has 3 heteroatoms. The summed E-state index contributed by atoms with van der Waals surface area (Å²) in [5, 5.41) is 13.2. The minimum absolute atomic E-state index is 0.296. The zero-order chi connectivity index (χ0) is 12.9. The van der Waals surface area contributed by atoms with Crippen LogP contribution in [0.4, 0.5) is 0 Å². The van der Waals surface area contributed by atoms with Gasteiger partial charge in [-0.05, 0) is 44.5 Å². The molecule has 1 aromatic rings. The fourth-order valence-corrected chi connectivity index (χ4v) is 1.56. The van der Waals surface area contributed by atoms with Gasteiger partial charge in [0.1, 0.15) is 18.0 Å². The van der Waals surface area contributed by atoms with Gasteiger partial charge in [0.05, 0.1) is 0 Å². The summed E-state index contributed by atoms with van der Waals surface area (Å²) in [6.07, 6.45) is 0. The Hall–Kier alpha value is -1.06. The third-order valence-corrected chi connectivity index (χ3v) is 2.85. The predicted molar refractivity (Wildman–Crippen MR) is 70.6 cm³/mol. The largest absolute Gasteiger partial charge is 0.490 e. The van der Waals surface area contributed by atoms with E-state index in [0.717, 1.165) is 17.9 Å². The van der Waals surface area contributed by atoms with Crippen LogP contribution in [0.5, 0.6) is 5.75 Å². The average Bonchev–Trinajstić information content (AvgIpc) is 2.29. The van der Waals surface area contributed by atoms with Crippen LogP contribution < -0.4 is 10.1 Å². The van der Waals surface area contributed by atoms with E-state index in [4.69, 9.17) is 4.74 Å². The van der Waals surface area contributed by atoms with Crippen LogP contribution >= 0.6 is 0 Å². The molecule has 0 aliphatic carbocycles. The van der Waals surface area contributed by atoms with Crippen molar-refractivity contribution in [1.29, 1.82) is 0 Å². The van der Waals surface area contributed by atoms with Crippen LogP contribution in [0.2, 0.25) is 0 Å².